The second kappa shape index (κ2) is 6.80. The van der Waals surface area contributed by atoms with Crippen LogP contribution in [-0.4, -0.2) is 47.2 Å². The van der Waals surface area contributed by atoms with Crippen LogP contribution in [0.4, 0.5) is 0 Å². The number of rotatable bonds is 5. The standard InChI is InChI=1S/C15H20N4O2/c16-4-3-13-11-19(5-7-20-13)10-12-8-17-15(18-9-12)14-2-1-6-21-14/h1-2,6,8-9,13H,3-5,7,10-11,16H2/t13-/m0/s1. The first-order chi connectivity index (χ1) is 10.3. The monoisotopic (exact) mass is 288 g/mol. The summed E-state index contributed by atoms with van der Waals surface area (Å²) in [5.74, 6) is 1.31. The zero-order chi connectivity index (χ0) is 14.5. The fraction of sp³-hybridized carbons (Fsp3) is 0.467. The summed E-state index contributed by atoms with van der Waals surface area (Å²) in [5.41, 5.74) is 6.69. The molecule has 3 rings (SSSR count). The number of nitrogens with two attached hydrogens (primary N) is 1. The van der Waals surface area contributed by atoms with Crippen molar-refractivity contribution in [2.45, 2.75) is 19.1 Å². The van der Waals surface area contributed by atoms with Gasteiger partial charge in [-0.2, -0.15) is 0 Å². The number of aromatic nitrogens is 2. The molecule has 1 atom stereocenters. The zero-order valence-corrected chi connectivity index (χ0v) is 11.9. The van der Waals surface area contributed by atoms with E-state index >= 15 is 0 Å². The Labute approximate surface area is 123 Å². The highest BCUT2D eigenvalue weighted by atomic mass is 16.5. The van der Waals surface area contributed by atoms with Gasteiger partial charge < -0.3 is 14.9 Å². The van der Waals surface area contributed by atoms with Gasteiger partial charge in [0.1, 0.15) is 0 Å². The molecule has 0 spiro atoms. The van der Waals surface area contributed by atoms with E-state index in [1.807, 2.05) is 24.5 Å². The van der Waals surface area contributed by atoms with Gasteiger partial charge in [0.05, 0.1) is 19.0 Å². The first-order valence-corrected chi connectivity index (χ1v) is 7.24. The highest BCUT2D eigenvalue weighted by Crippen LogP contribution is 2.16. The smallest absolute Gasteiger partial charge is 0.195 e. The number of nitrogens with zero attached hydrogens (tertiary/aromatic N) is 3. The van der Waals surface area contributed by atoms with Crippen LogP contribution in [0.1, 0.15) is 12.0 Å². The molecular weight excluding hydrogens is 268 g/mol. The molecule has 1 saturated heterocycles. The minimum Gasteiger partial charge on any atom is -0.461 e. The molecule has 0 radical (unpaired) electrons. The van der Waals surface area contributed by atoms with Gasteiger partial charge in [-0.25, -0.2) is 9.97 Å². The maximum absolute atomic E-state index is 5.69. The third-order valence-corrected chi connectivity index (χ3v) is 3.56. The van der Waals surface area contributed by atoms with Crippen LogP contribution >= 0.6 is 0 Å². The van der Waals surface area contributed by atoms with Crippen LogP contribution in [0.15, 0.2) is 35.2 Å². The Morgan fingerprint density at radius 3 is 2.90 bits per heavy atom. The Hall–Kier alpha value is -1.76. The summed E-state index contributed by atoms with van der Waals surface area (Å²) < 4.78 is 11.0. The van der Waals surface area contributed by atoms with E-state index in [4.69, 9.17) is 14.9 Å². The molecule has 6 heteroatoms. The summed E-state index contributed by atoms with van der Waals surface area (Å²) in [6.07, 6.45) is 6.49. The van der Waals surface area contributed by atoms with Gasteiger partial charge in [-0.1, -0.05) is 0 Å². The van der Waals surface area contributed by atoms with Crippen LogP contribution in [0.2, 0.25) is 0 Å². The van der Waals surface area contributed by atoms with Gasteiger partial charge in [-0.05, 0) is 25.1 Å². The van der Waals surface area contributed by atoms with Crippen molar-refractivity contribution in [1.82, 2.24) is 14.9 Å². The van der Waals surface area contributed by atoms with E-state index < -0.39 is 0 Å². The van der Waals surface area contributed by atoms with Gasteiger partial charge in [-0.3, -0.25) is 4.90 Å². The lowest BCUT2D eigenvalue weighted by Crippen LogP contribution is -2.42. The van der Waals surface area contributed by atoms with Crippen molar-refractivity contribution in [1.29, 1.82) is 0 Å². The van der Waals surface area contributed by atoms with Gasteiger partial charge in [-0.15, -0.1) is 0 Å². The summed E-state index contributed by atoms with van der Waals surface area (Å²) in [5, 5.41) is 0. The molecule has 0 saturated carbocycles. The normalized spacial score (nSPS) is 19.8. The SMILES string of the molecule is NCC[C@H]1CN(Cc2cnc(-c3ccco3)nc2)CCO1. The second-order valence-corrected chi connectivity index (χ2v) is 5.20. The zero-order valence-electron chi connectivity index (χ0n) is 11.9. The number of hydrogen-bond acceptors (Lipinski definition) is 6. The van der Waals surface area contributed by atoms with Crippen molar-refractivity contribution in [3.63, 3.8) is 0 Å². The van der Waals surface area contributed by atoms with Gasteiger partial charge in [0.25, 0.3) is 0 Å². The van der Waals surface area contributed by atoms with E-state index in [-0.39, 0.29) is 6.10 Å². The number of ether oxygens (including phenoxy) is 1. The van der Waals surface area contributed by atoms with E-state index in [9.17, 15) is 0 Å². The summed E-state index contributed by atoms with van der Waals surface area (Å²) >= 11 is 0. The van der Waals surface area contributed by atoms with Crippen LogP contribution in [0.5, 0.6) is 0 Å². The van der Waals surface area contributed by atoms with E-state index in [1.54, 1.807) is 6.26 Å². The molecule has 2 aromatic heterocycles. The highest BCUT2D eigenvalue weighted by Gasteiger charge is 2.20. The third-order valence-electron chi connectivity index (χ3n) is 3.56. The maximum Gasteiger partial charge on any atom is 0.195 e. The summed E-state index contributed by atoms with van der Waals surface area (Å²) in [6, 6.07) is 3.69. The van der Waals surface area contributed by atoms with Gasteiger partial charge in [0, 0.05) is 37.6 Å². The average Bonchev–Trinajstić information content (AvgIpc) is 3.03. The van der Waals surface area contributed by atoms with Crippen molar-refractivity contribution < 1.29 is 9.15 Å². The van der Waals surface area contributed by atoms with Crippen LogP contribution in [0.25, 0.3) is 11.6 Å². The third kappa shape index (κ3) is 3.66. The molecule has 112 valence electrons. The van der Waals surface area contributed by atoms with Crippen molar-refractivity contribution in [3.05, 3.63) is 36.4 Å². The molecule has 1 aliphatic rings. The summed E-state index contributed by atoms with van der Waals surface area (Å²) in [7, 11) is 0. The molecular formula is C15H20N4O2. The van der Waals surface area contributed by atoms with Crippen molar-refractivity contribution in [2.24, 2.45) is 5.73 Å². The van der Waals surface area contributed by atoms with Crippen LogP contribution < -0.4 is 5.73 Å². The molecule has 0 amide bonds. The van der Waals surface area contributed by atoms with Crippen LogP contribution in [-0.2, 0) is 11.3 Å². The lowest BCUT2D eigenvalue weighted by molar-refractivity contribution is -0.0335. The predicted molar refractivity (Wildman–Crippen MR) is 78.4 cm³/mol. The van der Waals surface area contributed by atoms with Gasteiger partial charge in [0.15, 0.2) is 11.6 Å². The number of morpholine rings is 1. The van der Waals surface area contributed by atoms with E-state index in [0.717, 1.165) is 38.2 Å². The Morgan fingerprint density at radius 1 is 1.33 bits per heavy atom. The van der Waals surface area contributed by atoms with Gasteiger partial charge >= 0.3 is 0 Å². The van der Waals surface area contributed by atoms with E-state index in [1.165, 1.54) is 0 Å². The van der Waals surface area contributed by atoms with Crippen LogP contribution in [0.3, 0.4) is 0 Å². The number of furan rings is 1. The predicted octanol–water partition coefficient (Wildman–Crippen LogP) is 1.29. The van der Waals surface area contributed by atoms with Crippen molar-refractivity contribution in [2.75, 3.05) is 26.2 Å². The van der Waals surface area contributed by atoms with Crippen molar-refractivity contribution >= 4 is 0 Å². The molecule has 1 fully saturated rings. The molecule has 2 aromatic rings. The molecule has 21 heavy (non-hydrogen) atoms. The molecule has 0 aromatic carbocycles. The Kier molecular flexibility index (Phi) is 4.59. The van der Waals surface area contributed by atoms with Crippen LogP contribution in [0, 0.1) is 0 Å². The fourth-order valence-electron chi connectivity index (χ4n) is 2.51. The maximum atomic E-state index is 5.69. The van der Waals surface area contributed by atoms with E-state index in [2.05, 4.69) is 14.9 Å². The Balaban J connectivity index is 1.60. The largest absolute Gasteiger partial charge is 0.461 e. The number of hydrogen-bond donors (Lipinski definition) is 1. The first-order valence-electron chi connectivity index (χ1n) is 7.24. The highest BCUT2D eigenvalue weighted by molar-refractivity contribution is 5.45. The lowest BCUT2D eigenvalue weighted by atomic mass is 10.2. The second-order valence-electron chi connectivity index (χ2n) is 5.20. The minimum atomic E-state index is 0.243. The fourth-order valence-corrected chi connectivity index (χ4v) is 2.51. The molecule has 3 heterocycles. The van der Waals surface area contributed by atoms with Crippen molar-refractivity contribution in [3.8, 4) is 11.6 Å². The minimum absolute atomic E-state index is 0.243. The topological polar surface area (TPSA) is 77.4 Å². The lowest BCUT2D eigenvalue weighted by Gasteiger charge is -2.32. The molecule has 1 aliphatic heterocycles. The first kappa shape index (κ1) is 14.2. The van der Waals surface area contributed by atoms with Gasteiger partial charge in [0.2, 0.25) is 0 Å². The van der Waals surface area contributed by atoms with E-state index in [0.29, 0.717) is 18.1 Å². The molecule has 2 N–H and O–H groups in total. The Bertz CT molecular complexity index is 539. The molecule has 0 unspecified atom stereocenters. The Morgan fingerprint density at radius 2 is 2.19 bits per heavy atom. The molecule has 0 bridgehead atoms. The average molecular weight is 288 g/mol. The summed E-state index contributed by atoms with van der Waals surface area (Å²) in [6.45, 7) is 4.11. The molecule has 6 nitrogen and oxygen atoms in total. The summed E-state index contributed by atoms with van der Waals surface area (Å²) in [4.78, 5) is 11.1. The molecule has 0 aliphatic carbocycles. The quantitative estimate of drug-likeness (QED) is 0.893.